The quantitative estimate of drug-likeness (QED) is 0.325. The molecule has 9 nitrogen and oxygen atoms in total. The van der Waals surface area contributed by atoms with Gasteiger partial charge in [0.2, 0.25) is 0 Å². The maximum absolute atomic E-state index is 12.2. The monoisotopic (exact) mass is 424 g/mol. The number of furan rings is 1. The number of benzene rings is 1. The lowest BCUT2D eigenvalue weighted by Gasteiger charge is -2.23. The average molecular weight is 425 g/mol. The highest BCUT2D eigenvalue weighted by Crippen LogP contribution is 2.18. The number of aromatic nitrogens is 2. The van der Waals surface area contributed by atoms with Crippen molar-refractivity contribution in [1.82, 2.24) is 20.4 Å². The molecule has 0 fully saturated rings. The smallest absolute Gasteiger partial charge is 0.291 e. The lowest BCUT2D eigenvalue weighted by Crippen LogP contribution is -2.44. The Hall–Kier alpha value is -3.59. The molecule has 31 heavy (non-hydrogen) atoms. The zero-order valence-corrected chi connectivity index (χ0v) is 17.9. The summed E-state index contributed by atoms with van der Waals surface area (Å²) in [6.45, 7) is 5.05. The summed E-state index contributed by atoms with van der Waals surface area (Å²) in [6.07, 6.45) is 4.89. The summed E-state index contributed by atoms with van der Waals surface area (Å²) in [5, 5.41) is 24.0. The SMILES string of the molecule is CCNC(=NCc1cccc(NC(=O)c2ccco2)c1)NCC(C)(O)c1cnn(C)c1. The number of aryl methyl sites for hydroxylation is 1. The van der Waals surface area contributed by atoms with Crippen molar-refractivity contribution in [3.8, 4) is 0 Å². The van der Waals surface area contributed by atoms with Gasteiger partial charge < -0.3 is 25.5 Å². The number of aliphatic imine (C=N–C) groups is 1. The van der Waals surface area contributed by atoms with E-state index < -0.39 is 5.60 Å². The number of aliphatic hydroxyl groups is 1. The summed E-state index contributed by atoms with van der Waals surface area (Å²) in [6, 6.07) is 10.7. The van der Waals surface area contributed by atoms with Gasteiger partial charge in [-0.25, -0.2) is 4.99 Å². The zero-order chi connectivity index (χ0) is 22.3. The first-order valence-corrected chi connectivity index (χ1v) is 10.0. The number of carbonyl (C=O) groups is 1. The minimum atomic E-state index is -1.10. The van der Waals surface area contributed by atoms with Crippen LogP contribution in [0, 0.1) is 0 Å². The van der Waals surface area contributed by atoms with Crippen LogP contribution < -0.4 is 16.0 Å². The van der Waals surface area contributed by atoms with E-state index in [4.69, 9.17) is 4.42 Å². The molecule has 0 saturated carbocycles. The van der Waals surface area contributed by atoms with Crippen molar-refractivity contribution in [3.63, 3.8) is 0 Å². The van der Waals surface area contributed by atoms with Crippen molar-refractivity contribution < 1.29 is 14.3 Å². The van der Waals surface area contributed by atoms with Gasteiger partial charge in [0.05, 0.1) is 25.5 Å². The Labute approximate surface area is 181 Å². The fraction of sp³-hybridized carbons (Fsp3) is 0.318. The fourth-order valence-electron chi connectivity index (χ4n) is 2.92. The van der Waals surface area contributed by atoms with Crippen molar-refractivity contribution in [3.05, 3.63) is 71.9 Å². The standard InChI is InChI=1S/C22H28N6O3/c1-4-23-21(25-15-22(2,30)17-13-26-28(3)14-17)24-12-16-7-5-8-18(11-16)27-20(29)19-9-6-10-31-19/h5-11,13-14,30H,4,12,15H2,1-3H3,(H,27,29)(H2,23,24,25). The molecule has 164 valence electrons. The topological polar surface area (TPSA) is 117 Å². The molecule has 3 aromatic rings. The highest BCUT2D eigenvalue weighted by Gasteiger charge is 2.25. The van der Waals surface area contributed by atoms with Gasteiger partial charge in [0.1, 0.15) is 5.60 Å². The fourth-order valence-corrected chi connectivity index (χ4v) is 2.92. The van der Waals surface area contributed by atoms with Crippen LogP contribution in [0.5, 0.6) is 0 Å². The molecule has 0 aliphatic heterocycles. The van der Waals surface area contributed by atoms with Gasteiger partial charge in [0, 0.05) is 31.0 Å². The maximum Gasteiger partial charge on any atom is 0.291 e. The Morgan fingerprint density at radius 2 is 2.13 bits per heavy atom. The predicted octanol–water partition coefficient (Wildman–Crippen LogP) is 2.23. The molecule has 1 aromatic carbocycles. The first kappa shape index (κ1) is 22.1. The molecule has 1 amide bonds. The number of nitrogens with zero attached hydrogens (tertiary/aromatic N) is 3. The van der Waals surface area contributed by atoms with Crippen LogP contribution in [0.4, 0.5) is 5.69 Å². The molecule has 0 aliphatic carbocycles. The third-order valence-electron chi connectivity index (χ3n) is 4.62. The number of anilines is 1. The van der Waals surface area contributed by atoms with E-state index >= 15 is 0 Å². The van der Waals surface area contributed by atoms with Crippen LogP contribution >= 0.6 is 0 Å². The summed E-state index contributed by atoms with van der Waals surface area (Å²) >= 11 is 0. The third kappa shape index (κ3) is 6.19. The summed E-state index contributed by atoms with van der Waals surface area (Å²) in [5.41, 5.74) is 1.21. The van der Waals surface area contributed by atoms with Gasteiger partial charge in [0.25, 0.3) is 5.91 Å². The summed E-state index contributed by atoms with van der Waals surface area (Å²) in [4.78, 5) is 16.7. The van der Waals surface area contributed by atoms with Crippen molar-refractivity contribution in [2.45, 2.75) is 26.0 Å². The van der Waals surface area contributed by atoms with E-state index in [0.717, 1.165) is 11.1 Å². The second kappa shape index (κ2) is 9.94. The number of hydrogen-bond acceptors (Lipinski definition) is 5. The number of rotatable bonds is 8. The van der Waals surface area contributed by atoms with Crippen LogP contribution in [-0.2, 0) is 19.2 Å². The predicted molar refractivity (Wildman–Crippen MR) is 119 cm³/mol. The molecular formula is C22H28N6O3. The first-order chi connectivity index (χ1) is 14.9. The molecule has 4 N–H and O–H groups in total. The molecule has 1 atom stereocenters. The highest BCUT2D eigenvalue weighted by molar-refractivity contribution is 6.02. The minimum absolute atomic E-state index is 0.253. The molecule has 0 aliphatic rings. The van der Waals surface area contributed by atoms with E-state index in [1.165, 1.54) is 6.26 Å². The van der Waals surface area contributed by atoms with Crippen LogP contribution in [0.1, 0.15) is 35.5 Å². The van der Waals surface area contributed by atoms with Crippen LogP contribution in [0.2, 0.25) is 0 Å². The second-order valence-corrected chi connectivity index (χ2v) is 7.36. The number of guanidine groups is 1. The van der Waals surface area contributed by atoms with Crippen molar-refractivity contribution in [2.75, 3.05) is 18.4 Å². The normalized spacial score (nSPS) is 13.5. The second-order valence-electron chi connectivity index (χ2n) is 7.36. The molecule has 2 heterocycles. The van der Waals surface area contributed by atoms with E-state index in [1.807, 2.05) is 38.2 Å². The van der Waals surface area contributed by atoms with Gasteiger partial charge in [-0.1, -0.05) is 12.1 Å². The molecule has 0 radical (unpaired) electrons. The van der Waals surface area contributed by atoms with Gasteiger partial charge in [-0.15, -0.1) is 0 Å². The molecule has 0 saturated heterocycles. The van der Waals surface area contributed by atoms with Gasteiger partial charge in [-0.3, -0.25) is 9.48 Å². The van der Waals surface area contributed by atoms with Crippen molar-refractivity contribution in [1.29, 1.82) is 0 Å². The molecule has 1 unspecified atom stereocenters. The largest absolute Gasteiger partial charge is 0.459 e. The van der Waals surface area contributed by atoms with Crippen LogP contribution in [0.25, 0.3) is 0 Å². The third-order valence-corrected chi connectivity index (χ3v) is 4.62. The number of carbonyl (C=O) groups excluding carboxylic acids is 1. The van der Waals surface area contributed by atoms with Crippen LogP contribution in [-0.4, -0.2) is 39.8 Å². The van der Waals surface area contributed by atoms with Crippen LogP contribution in [0.3, 0.4) is 0 Å². The number of nitrogens with one attached hydrogen (secondary N) is 3. The molecule has 3 rings (SSSR count). The van der Waals surface area contributed by atoms with E-state index in [-0.39, 0.29) is 18.2 Å². The average Bonchev–Trinajstić information content (AvgIpc) is 3.43. The van der Waals surface area contributed by atoms with Crippen LogP contribution in [0.15, 0.2) is 64.5 Å². The number of amides is 1. The molecule has 0 bridgehead atoms. The van der Waals surface area contributed by atoms with Crippen molar-refractivity contribution >= 4 is 17.6 Å². The van der Waals surface area contributed by atoms with Gasteiger partial charge in [-0.2, -0.15) is 5.10 Å². The Morgan fingerprint density at radius 1 is 1.29 bits per heavy atom. The van der Waals surface area contributed by atoms with Gasteiger partial charge >= 0.3 is 0 Å². The Balaban J connectivity index is 1.62. The molecule has 0 spiro atoms. The van der Waals surface area contributed by atoms with E-state index in [2.05, 4.69) is 26.0 Å². The van der Waals surface area contributed by atoms with Gasteiger partial charge in [-0.05, 0) is 43.7 Å². The van der Waals surface area contributed by atoms with E-state index in [0.29, 0.717) is 24.7 Å². The van der Waals surface area contributed by atoms with E-state index in [1.54, 1.807) is 36.1 Å². The van der Waals surface area contributed by atoms with Gasteiger partial charge in [0.15, 0.2) is 11.7 Å². The van der Waals surface area contributed by atoms with Crippen molar-refractivity contribution in [2.24, 2.45) is 12.0 Å². The highest BCUT2D eigenvalue weighted by atomic mass is 16.3. The maximum atomic E-state index is 12.2. The lowest BCUT2D eigenvalue weighted by molar-refractivity contribution is 0.0616. The Kier molecular flexibility index (Phi) is 7.09. The molecular weight excluding hydrogens is 396 g/mol. The summed E-state index contributed by atoms with van der Waals surface area (Å²) in [7, 11) is 1.81. The Morgan fingerprint density at radius 3 is 2.81 bits per heavy atom. The minimum Gasteiger partial charge on any atom is -0.459 e. The Bertz CT molecular complexity index is 1020. The van der Waals surface area contributed by atoms with E-state index in [9.17, 15) is 9.90 Å². The molecule has 9 heteroatoms. The summed E-state index contributed by atoms with van der Waals surface area (Å²) in [5.74, 6) is 0.526. The number of hydrogen-bond donors (Lipinski definition) is 4. The molecule has 2 aromatic heterocycles. The first-order valence-electron chi connectivity index (χ1n) is 10.0. The lowest BCUT2D eigenvalue weighted by atomic mass is 10.00. The zero-order valence-electron chi connectivity index (χ0n) is 17.9. The summed E-state index contributed by atoms with van der Waals surface area (Å²) < 4.78 is 6.77.